The van der Waals surface area contributed by atoms with Gasteiger partial charge in [-0.1, -0.05) is 28.9 Å². The van der Waals surface area contributed by atoms with Crippen molar-refractivity contribution in [2.45, 2.75) is 0 Å². The van der Waals surface area contributed by atoms with Gasteiger partial charge >= 0.3 is 0 Å². The normalized spacial score (nSPS) is 17.4. The third kappa shape index (κ3) is 2.55. The lowest BCUT2D eigenvalue weighted by molar-refractivity contribution is 0.293. The molecule has 1 aliphatic rings. The summed E-state index contributed by atoms with van der Waals surface area (Å²) >= 11 is 6.14. The van der Waals surface area contributed by atoms with Crippen molar-refractivity contribution < 1.29 is 5.21 Å². The topological polar surface area (TPSA) is 65.1 Å². The predicted molar refractivity (Wildman–Crippen MR) is 68.6 cm³/mol. The Hall–Kier alpha value is -1.62. The molecule has 0 amide bonds. The second-order valence-electron chi connectivity index (χ2n) is 3.88. The van der Waals surface area contributed by atoms with Gasteiger partial charge in [-0.2, -0.15) is 0 Å². The van der Waals surface area contributed by atoms with Crippen LogP contribution in [0.3, 0.4) is 0 Å². The largest absolute Gasteiger partial charge is 0.408 e. The molecule has 0 radical (unpaired) electrons. The Morgan fingerprint density at radius 3 is 2.47 bits per heavy atom. The molecule has 0 aromatic heterocycles. The van der Waals surface area contributed by atoms with Crippen molar-refractivity contribution in [2.24, 2.45) is 10.9 Å². The molecule has 0 bridgehead atoms. The Morgan fingerprint density at radius 1 is 1.24 bits per heavy atom. The Labute approximate surface area is 105 Å². The molecular weight excluding hydrogens is 240 g/mol. The van der Waals surface area contributed by atoms with Gasteiger partial charge in [0.25, 0.3) is 0 Å². The molecule has 1 saturated heterocycles. The van der Waals surface area contributed by atoms with Gasteiger partial charge in [0.05, 0.1) is 10.7 Å². The highest BCUT2D eigenvalue weighted by molar-refractivity contribution is 6.33. The monoisotopic (exact) mass is 254 g/mol. The van der Waals surface area contributed by atoms with Gasteiger partial charge in [0.1, 0.15) is 0 Å². The lowest BCUT2D eigenvalue weighted by Crippen LogP contribution is -2.51. The second kappa shape index (κ2) is 5.14. The molecule has 1 heterocycles. The zero-order valence-electron chi connectivity index (χ0n) is 9.38. The van der Waals surface area contributed by atoms with Crippen LogP contribution < -0.4 is 10.6 Å². The van der Waals surface area contributed by atoms with Crippen LogP contribution in [0.4, 0.5) is 5.69 Å². The first-order chi connectivity index (χ1) is 8.22. The number of hydrogen-bond acceptors (Lipinski definition) is 3. The minimum absolute atomic E-state index is 0.170. The van der Waals surface area contributed by atoms with E-state index in [1.807, 2.05) is 29.2 Å². The highest BCUT2D eigenvalue weighted by atomic mass is 35.5. The smallest absolute Gasteiger partial charge is 0.233 e. The lowest BCUT2D eigenvalue weighted by atomic mass is 10.2. The number of guanidine groups is 1. The van der Waals surface area contributed by atoms with Crippen LogP contribution in [0, 0.1) is 0 Å². The van der Waals surface area contributed by atoms with E-state index in [1.165, 1.54) is 0 Å². The summed E-state index contributed by atoms with van der Waals surface area (Å²) in [5.74, 6) is 0.170. The van der Waals surface area contributed by atoms with Crippen molar-refractivity contribution in [3.63, 3.8) is 0 Å². The van der Waals surface area contributed by atoms with E-state index < -0.39 is 0 Å². The molecule has 5 nitrogen and oxygen atoms in total. The molecule has 0 saturated carbocycles. The van der Waals surface area contributed by atoms with Crippen LogP contribution in [0.2, 0.25) is 5.02 Å². The van der Waals surface area contributed by atoms with Crippen molar-refractivity contribution >= 4 is 23.2 Å². The fourth-order valence-corrected chi connectivity index (χ4v) is 2.20. The van der Waals surface area contributed by atoms with E-state index in [9.17, 15) is 0 Å². The van der Waals surface area contributed by atoms with Crippen LogP contribution in [0.5, 0.6) is 0 Å². The number of nitrogens with zero attached hydrogens (tertiary/aromatic N) is 3. The minimum Gasteiger partial charge on any atom is -0.408 e. The standard InChI is InChI=1S/C11H15ClN4O/c12-9-3-1-2-4-10(9)15-5-7-16(8-6-15)11(13)14-17/h1-4,17H,5-8H2,(H2,13,14). The van der Waals surface area contributed by atoms with Crippen molar-refractivity contribution in [1.82, 2.24) is 4.90 Å². The Balaban J connectivity index is 2.03. The quantitative estimate of drug-likeness (QED) is 0.342. The van der Waals surface area contributed by atoms with Crippen LogP contribution in [0.25, 0.3) is 0 Å². The van der Waals surface area contributed by atoms with E-state index in [-0.39, 0.29) is 5.96 Å². The Kier molecular flexibility index (Phi) is 3.58. The van der Waals surface area contributed by atoms with Crippen molar-refractivity contribution in [2.75, 3.05) is 31.1 Å². The number of nitrogens with two attached hydrogens (primary N) is 1. The average Bonchev–Trinajstić information content (AvgIpc) is 2.39. The van der Waals surface area contributed by atoms with E-state index in [0.717, 1.165) is 36.9 Å². The summed E-state index contributed by atoms with van der Waals surface area (Å²) < 4.78 is 0. The first-order valence-electron chi connectivity index (χ1n) is 5.44. The maximum atomic E-state index is 8.60. The van der Waals surface area contributed by atoms with E-state index in [2.05, 4.69) is 10.1 Å². The SMILES string of the molecule is NC(=NO)N1CCN(c2ccccc2Cl)CC1. The second-order valence-corrected chi connectivity index (χ2v) is 4.29. The highest BCUT2D eigenvalue weighted by Gasteiger charge is 2.19. The molecule has 1 fully saturated rings. The molecule has 6 heteroatoms. The third-order valence-electron chi connectivity index (χ3n) is 2.90. The van der Waals surface area contributed by atoms with Gasteiger partial charge in [-0.15, -0.1) is 0 Å². The molecule has 1 aromatic rings. The molecule has 0 unspecified atom stereocenters. The first kappa shape index (κ1) is 11.9. The predicted octanol–water partition coefficient (Wildman–Crippen LogP) is 1.17. The number of anilines is 1. The zero-order valence-corrected chi connectivity index (χ0v) is 10.1. The van der Waals surface area contributed by atoms with E-state index >= 15 is 0 Å². The van der Waals surface area contributed by atoms with Gasteiger partial charge in [-0.05, 0) is 12.1 Å². The third-order valence-corrected chi connectivity index (χ3v) is 3.22. The van der Waals surface area contributed by atoms with Crippen LogP contribution >= 0.6 is 11.6 Å². The van der Waals surface area contributed by atoms with Gasteiger partial charge in [0.2, 0.25) is 5.96 Å². The summed E-state index contributed by atoms with van der Waals surface area (Å²) in [6.07, 6.45) is 0. The molecule has 92 valence electrons. The molecule has 1 aromatic carbocycles. The molecule has 2 rings (SSSR count). The molecule has 0 aliphatic carbocycles. The molecular formula is C11H15ClN4O. The molecule has 3 N–H and O–H groups in total. The summed E-state index contributed by atoms with van der Waals surface area (Å²) in [7, 11) is 0. The van der Waals surface area contributed by atoms with Gasteiger partial charge in [-0.3, -0.25) is 0 Å². The van der Waals surface area contributed by atoms with Crippen molar-refractivity contribution in [3.05, 3.63) is 29.3 Å². The molecule has 17 heavy (non-hydrogen) atoms. The summed E-state index contributed by atoms with van der Waals surface area (Å²) in [5, 5.41) is 12.4. The van der Waals surface area contributed by atoms with E-state index in [0.29, 0.717) is 0 Å². The van der Waals surface area contributed by atoms with Gasteiger partial charge < -0.3 is 20.7 Å². The Morgan fingerprint density at radius 2 is 1.88 bits per heavy atom. The molecule has 1 aliphatic heterocycles. The number of halogens is 1. The van der Waals surface area contributed by atoms with Crippen LogP contribution in [0.15, 0.2) is 29.4 Å². The first-order valence-corrected chi connectivity index (χ1v) is 5.82. The number of rotatable bonds is 1. The molecule has 0 spiro atoms. The molecule has 0 atom stereocenters. The summed E-state index contributed by atoms with van der Waals surface area (Å²) in [6.45, 7) is 3.06. The van der Waals surface area contributed by atoms with Crippen LogP contribution in [-0.2, 0) is 0 Å². The number of hydrogen-bond donors (Lipinski definition) is 2. The van der Waals surface area contributed by atoms with Crippen LogP contribution in [0.1, 0.15) is 0 Å². The fraction of sp³-hybridized carbons (Fsp3) is 0.364. The number of piperazine rings is 1. The summed E-state index contributed by atoms with van der Waals surface area (Å²) in [6, 6.07) is 7.77. The zero-order chi connectivity index (χ0) is 12.3. The van der Waals surface area contributed by atoms with Gasteiger partial charge in [0, 0.05) is 26.2 Å². The summed E-state index contributed by atoms with van der Waals surface area (Å²) in [5.41, 5.74) is 6.58. The lowest BCUT2D eigenvalue weighted by Gasteiger charge is -2.36. The minimum atomic E-state index is 0.170. The number of benzene rings is 1. The maximum Gasteiger partial charge on any atom is 0.233 e. The van der Waals surface area contributed by atoms with E-state index in [4.69, 9.17) is 22.5 Å². The fourth-order valence-electron chi connectivity index (χ4n) is 1.95. The Bertz CT molecular complexity index is 416. The van der Waals surface area contributed by atoms with Gasteiger partial charge in [-0.25, -0.2) is 0 Å². The van der Waals surface area contributed by atoms with E-state index in [1.54, 1.807) is 0 Å². The summed E-state index contributed by atoms with van der Waals surface area (Å²) in [4.78, 5) is 4.04. The van der Waals surface area contributed by atoms with Crippen LogP contribution in [-0.4, -0.2) is 42.2 Å². The average molecular weight is 255 g/mol. The van der Waals surface area contributed by atoms with Gasteiger partial charge in [0.15, 0.2) is 0 Å². The highest BCUT2D eigenvalue weighted by Crippen LogP contribution is 2.25. The number of para-hydroxylation sites is 1. The van der Waals surface area contributed by atoms with Crippen molar-refractivity contribution in [3.8, 4) is 0 Å². The maximum absolute atomic E-state index is 8.60. The number of oxime groups is 1. The van der Waals surface area contributed by atoms with Crippen molar-refractivity contribution in [1.29, 1.82) is 0 Å².